The van der Waals surface area contributed by atoms with E-state index in [1.165, 1.54) is 5.56 Å². The van der Waals surface area contributed by atoms with E-state index >= 15 is 0 Å². The van der Waals surface area contributed by atoms with Crippen LogP contribution >= 0.6 is 0 Å². The number of nitrogens with one attached hydrogen (secondary N) is 2. The van der Waals surface area contributed by atoms with Gasteiger partial charge in [-0.3, -0.25) is 14.6 Å². The molecule has 2 aromatic rings. The number of hydrogen-bond donors (Lipinski definition) is 2. The summed E-state index contributed by atoms with van der Waals surface area (Å²) < 4.78 is 0. The van der Waals surface area contributed by atoms with Crippen LogP contribution in [0.5, 0.6) is 0 Å². The minimum atomic E-state index is -0.403. The molecule has 7 rings (SSSR count). The van der Waals surface area contributed by atoms with Gasteiger partial charge in [-0.05, 0) is 80.2 Å². The van der Waals surface area contributed by atoms with E-state index in [2.05, 4.69) is 32.7 Å². The van der Waals surface area contributed by atoms with Crippen LogP contribution in [0.1, 0.15) is 60.4 Å². The Labute approximate surface area is 188 Å². The number of pyridine rings is 1. The molecule has 3 heterocycles. The van der Waals surface area contributed by atoms with Crippen molar-refractivity contribution in [1.29, 1.82) is 0 Å². The van der Waals surface area contributed by atoms with Crippen molar-refractivity contribution in [3.63, 3.8) is 0 Å². The van der Waals surface area contributed by atoms with Crippen molar-refractivity contribution in [3.8, 4) is 0 Å². The monoisotopic (exact) mass is 430 g/mol. The number of carbonyl (C=O) groups excluding carboxylic acids is 2. The first-order chi connectivity index (χ1) is 15.6. The minimum Gasteiger partial charge on any atom is -0.362 e. The fourth-order valence-electron chi connectivity index (χ4n) is 6.75. The fraction of sp³-hybridized carbons (Fsp3) is 0.500. The Morgan fingerprint density at radius 2 is 1.78 bits per heavy atom. The number of aromatic nitrogens is 1. The molecule has 0 unspecified atom stereocenters. The van der Waals surface area contributed by atoms with Gasteiger partial charge in [0.05, 0.1) is 5.56 Å². The predicted molar refractivity (Wildman–Crippen MR) is 122 cm³/mol. The SMILES string of the molecule is O=C1N[C@@]2(C[C@H]3CC[C@H]2C[C@H]3C(=O)N2CCC(c3ccncc3)CC2)Nc2ccccc21. The summed E-state index contributed by atoms with van der Waals surface area (Å²) in [5.74, 6) is 1.57. The van der Waals surface area contributed by atoms with E-state index in [0.29, 0.717) is 23.3 Å². The van der Waals surface area contributed by atoms with Gasteiger partial charge < -0.3 is 15.5 Å². The van der Waals surface area contributed by atoms with Gasteiger partial charge in [0.2, 0.25) is 5.91 Å². The van der Waals surface area contributed by atoms with Crippen molar-refractivity contribution in [2.75, 3.05) is 18.4 Å². The summed E-state index contributed by atoms with van der Waals surface area (Å²) in [4.78, 5) is 32.6. The number of benzene rings is 1. The summed E-state index contributed by atoms with van der Waals surface area (Å²) in [5, 5.41) is 6.98. The quantitative estimate of drug-likeness (QED) is 0.761. The molecule has 3 saturated carbocycles. The Balaban J connectivity index is 1.14. The highest BCUT2D eigenvalue weighted by Crippen LogP contribution is 2.52. The first-order valence-electron chi connectivity index (χ1n) is 12.0. The Kier molecular flexibility index (Phi) is 4.70. The number of piperidine rings is 1. The maximum atomic E-state index is 13.5. The molecule has 6 heteroatoms. The number of anilines is 1. The summed E-state index contributed by atoms with van der Waals surface area (Å²) in [6.45, 7) is 1.68. The molecule has 2 aliphatic heterocycles. The van der Waals surface area contributed by atoms with Crippen LogP contribution in [0.2, 0.25) is 0 Å². The van der Waals surface area contributed by atoms with Gasteiger partial charge in [0.25, 0.3) is 5.91 Å². The van der Waals surface area contributed by atoms with E-state index in [4.69, 9.17) is 0 Å². The minimum absolute atomic E-state index is 0.00737. The third-order valence-electron chi connectivity index (χ3n) is 8.44. The van der Waals surface area contributed by atoms with Gasteiger partial charge in [0, 0.05) is 43.0 Å². The number of amides is 2. The van der Waals surface area contributed by atoms with Crippen molar-refractivity contribution in [2.24, 2.45) is 17.8 Å². The third-order valence-corrected chi connectivity index (χ3v) is 8.44. The Morgan fingerprint density at radius 1 is 1.00 bits per heavy atom. The van der Waals surface area contributed by atoms with Crippen LogP contribution in [0.3, 0.4) is 0 Å². The fourth-order valence-corrected chi connectivity index (χ4v) is 6.75. The van der Waals surface area contributed by atoms with Crippen LogP contribution in [0.15, 0.2) is 48.8 Å². The first kappa shape index (κ1) is 19.8. The number of likely N-dealkylation sites (tertiary alicyclic amines) is 1. The molecule has 0 radical (unpaired) electrons. The summed E-state index contributed by atoms with van der Waals surface area (Å²) in [6.07, 6.45) is 9.61. The van der Waals surface area contributed by atoms with Crippen molar-refractivity contribution >= 4 is 17.5 Å². The van der Waals surface area contributed by atoms with Crippen LogP contribution in [-0.2, 0) is 4.79 Å². The van der Waals surface area contributed by atoms with Gasteiger partial charge in [0.1, 0.15) is 5.66 Å². The number of para-hydroxylation sites is 1. The van der Waals surface area contributed by atoms with Crippen LogP contribution in [-0.4, -0.2) is 40.5 Å². The van der Waals surface area contributed by atoms with E-state index in [1.54, 1.807) is 0 Å². The lowest BCUT2D eigenvalue weighted by Crippen LogP contribution is -2.68. The molecule has 2 bridgehead atoms. The average Bonchev–Trinajstić information content (AvgIpc) is 2.84. The number of nitrogens with zero attached hydrogens (tertiary/aromatic N) is 2. The van der Waals surface area contributed by atoms with E-state index in [0.717, 1.165) is 57.3 Å². The smallest absolute Gasteiger partial charge is 0.255 e. The Bertz CT molecular complexity index is 1030. The summed E-state index contributed by atoms with van der Waals surface area (Å²) in [6, 6.07) is 11.9. The summed E-state index contributed by atoms with van der Waals surface area (Å²) in [5.41, 5.74) is 2.57. The molecule has 32 heavy (non-hydrogen) atoms. The molecule has 3 aliphatic carbocycles. The van der Waals surface area contributed by atoms with Crippen molar-refractivity contribution in [1.82, 2.24) is 15.2 Å². The highest BCUT2D eigenvalue weighted by molar-refractivity contribution is 6.02. The van der Waals surface area contributed by atoms with Gasteiger partial charge in [0.15, 0.2) is 0 Å². The van der Waals surface area contributed by atoms with Crippen molar-refractivity contribution in [2.45, 2.75) is 50.1 Å². The highest BCUT2D eigenvalue weighted by atomic mass is 16.2. The zero-order chi connectivity index (χ0) is 21.7. The lowest BCUT2D eigenvalue weighted by atomic mass is 9.58. The molecule has 166 valence electrons. The number of carbonyl (C=O) groups is 2. The van der Waals surface area contributed by atoms with E-state index in [9.17, 15) is 9.59 Å². The van der Waals surface area contributed by atoms with E-state index < -0.39 is 5.66 Å². The molecule has 2 N–H and O–H groups in total. The molecule has 6 nitrogen and oxygen atoms in total. The molecule has 5 aliphatic rings. The second-order valence-electron chi connectivity index (χ2n) is 10.1. The maximum absolute atomic E-state index is 13.5. The normalized spacial score (nSPS) is 31.7. The molecule has 4 fully saturated rings. The van der Waals surface area contributed by atoms with Crippen LogP contribution < -0.4 is 10.6 Å². The van der Waals surface area contributed by atoms with Crippen molar-refractivity contribution < 1.29 is 9.59 Å². The maximum Gasteiger partial charge on any atom is 0.255 e. The molecule has 1 spiro atoms. The zero-order valence-corrected chi connectivity index (χ0v) is 18.3. The largest absolute Gasteiger partial charge is 0.362 e. The number of fused-ring (bicyclic) bond motifs is 3. The van der Waals surface area contributed by atoms with Gasteiger partial charge in [-0.1, -0.05) is 12.1 Å². The molecule has 1 saturated heterocycles. The number of hydrogen-bond acceptors (Lipinski definition) is 4. The number of rotatable bonds is 2. The van der Waals surface area contributed by atoms with Gasteiger partial charge >= 0.3 is 0 Å². The molecule has 1 aromatic carbocycles. The van der Waals surface area contributed by atoms with E-state index in [-0.39, 0.29) is 17.7 Å². The second-order valence-corrected chi connectivity index (χ2v) is 10.1. The molecular weight excluding hydrogens is 400 g/mol. The zero-order valence-electron chi connectivity index (χ0n) is 18.3. The lowest BCUT2D eigenvalue weighted by molar-refractivity contribution is -0.144. The van der Waals surface area contributed by atoms with Crippen LogP contribution in [0.25, 0.3) is 0 Å². The third kappa shape index (κ3) is 3.19. The van der Waals surface area contributed by atoms with Crippen LogP contribution in [0.4, 0.5) is 5.69 Å². The predicted octanol–water partition coefficient (Wildman–Crippen LogP) is 3.78. The van der Waals surface area contributed by atoms with Crippen molar-refractivity contribution in [3.05, 3.63) is 59.9 Å². The first-order valence-corrected chi connectivity index (χ1v) is 12.0. The highest BCUT2D eigenvalue weighted by Gasteiger charge is 2.55. The molecule has 2 amide bonds. The second kappa shape index (κ2) is 7.61. The van der Waals surface area contributed by atoms with Gasteiger partial charge in [-0.2, -0.15) is 0 Å². The van der Waals surface area contributed by atoms with E-state index in [1.807, 2.05) is 36.7 Å². The van der Waals surface area contributed by atoms with Gasteiger partial charge in [-0.15, -0.1) is 0 Å². The molecule has 1 aromatic heterocycles. The summed E-state index contributed by atoms with van der Waals surface area (Å²) in [7, 11) is 0. The molecular formula is C26H30N4O2. The van der Waals surface area contributed by atoms with Crippen LogP contribution in [0, 0.1) is 17.8 Å². The molecule has 4 atom stereocenters. The van der Waals surface area contributed by atoms with Gasteiger partial charge in [-0.25, -0.2) is 0 Å². The topological polar surface area (TPSA) is 74.3 Å². The average molecular weight is 431 g/mol. The standard InChI is InChI=1S/C26H30N4O2/c31-24-21-3-1-2-4-23(21)28-26(29-24)16-19-5-6-20(26)15-22(19)25(32)30-13-9-18(10-14-30)17-7-11-27-12-8-17/h1-4,7-8,11-12,18-20,22,28H,5-6,9-10,13-16H2,(H,29,31)/t19-,20+,22-,26-/m1/s1. The summed E-state index contributed by atoms with van der Waals surface area (Å²) >= 11 is 0. The Morgan fingerprint density at radius 3 is 2.53 bits per heavy atom. The lowest BCUT2D eigenvalue weighted by Gasteiger charge is -2.57. The Hall–Kier alpha value is -2.89.